The largest absolute Gasteiger partial charge is 0.383 e. The van der Waals surface area contributed by atoms with E-state index in [1.165, 1.54) is 6.07 Å². The standard InChI is InChI=1S/C15H15BrFNO2S/c1-20-8-7-18(10-11-4-3-9-21-11)15(19)14-12(16)5-2-6-13(14)17/h2-6,9H,7-8,10H2,1H3. The van der Waals surface area contributed by atoms with Gasteiger partial charge in [-0.05, 0) is 39.5 Å². The normalized spacial score (nSPS) is 10.6. The average Bonchev–Trinajstić information content (AvgIpc) is 2.96. The predicted molar refractivity (Wildman–Crippen MR) is 85.0 cm³/mol. The maximum atomic E-state index is 14.0. The van der Waals surface area contributed by atoms with Gasteiger partial charge in [0, 0.05) is 23.0 Å². The molecule has 0 aliphatic heterocycles. The van der Waals surface area contributed by atoms with E-state index in [0.29, 0.717) is 24.2 Å². The van der Waals surface area contributed by atoms with E-state index in [0.717, 1.165) is 4.88 Å². The minimum atomic E-state index is -0.525. The first-order valence-corrected chi connectivity index (χ1v) is 8.05. The minimum absolute atomic E-state index is 0.0603. The van der Waals surface area contributed by atoms with Gasteiger partial charge in [0.25, 0.3) is 5.91 Å². The summed E-state index contributed by atoms with van der Waals surface area (Å²) in [6, 6.07) is 8.40. The first-order chi connectivity index (χ1) is 10.1. The van der Waals surface area contributed by atoms with Gasteiger partial charge in [-0.2, -0.15) is 0 Å². The van der Waals surface area contributed by atoms with Crippen molar-refractivity contribution in [2.24, 2.45) is 0 Å². The van der Waals surface area contributed by atoms with Gasteiger partial charge < -0.3 is 9.64 Å². The van der Waals surface area contributed by atoms with E-state index in [1.807, 2.05) is 17.5 Å². The fraction of sp³-hybridized carbons (Fsp3) is 0.267. The number of nitrogens with zero attached hydrogens (tertiary/aromatic N) is 1. The van der Waals surface area contributed by atoms with Gasteiger partial charge in [-0.25, -0.2) is 4.39 Å². The highest BCUT2D eigenvalue weighted by Crippen LogP contribution is 2.23. The van der Waals surface area contributed by atoms with Crippen molar-refractivity contribution < 1.29 is 13.9 Å². The lowest BCUT2D eigenvalue weighted by molar-refractivity contribution is 0.0677. The first-order valence-electron chi connectivity index (χ1n) is 6.38. The van der Waals surface area contributed by atoms with Crippen LogP contribution >= 0.6 is 27.3 Å². The van der Waals surface area contributed by atoms with Crippen LogP contribution in [0.15, 0.2) is 40.2 Å². The van der Waals surface area contributed by atoms with Crippen molar-refractivity contribution in [3.63, 3.8) is 0 Å². The molecule has 1 aromatic carbocycles. The Hall–Kier alpha value is -1.24. The van der Waals surface area contributed by atoms with Gasteiger partial charge >= 0.3 is 0 Å². The average molecular weight is 372 g/mol. The fourth-order valence-corrected chi connectivity index (χ4v) is 3.14. The Morgan fingerprint density at radius 2 is 2.19 bits per heavy atom. The molecular weight excluding hydrogens is 357 g/mol. The van der Waals surface area contributed by atoms with Crippen molar-refractivity contribution in [1.82, 2.24) is 4.90 Å². The summed E-state index contributed by atoms with van der Waals surface area (Å²) in [5, 5.41) is 1.95. The Labute approximate surface area is 135 Å². The number of carbonyl (C=O) groups excluding carboxylic acids is 1. The summed E-state index contributed by atoms with van der Waals surface area (Å²) in [6.45, 7) is 1.26. The third kappa shape index (κ3) is 4.12. The highest BCUT2D eigenvalue weighted by Gasteiger charge is 2.22. The molecule has 0 saturated carbocycles. The van der Waals surface area contributed by atoms with E-state index in [-0.39, 0.29) is 11.5 Å². The van der Waals surface area contributed by atoms with Crippen molar-refractivity contribution >= 4 is 33.2 Å². The van der Waals surface area contributed by atoms with Crippen LogP contribution in [0.5, 0.6) is 0 Å². The van der Waals surface area contributed by atoms with Gasteiger partial charge in [0.15, 0.2) is 0 Å². The second kappa shape index (κ2) is 7.68. The summed E-state index contributed by atoms with van der Waals surface area (Å²) in [5.41, 5.74) is 0.0603. The Morgan fingerprint density at radius 3 is 2.81 bits per heavy atom. The first kappa shape index (κ1) is 16.1. The number of carbonyl (C=O) groups is 1. The quantitative estimate of drug-likeness (QED) is 0.769. The number of hydrogen-bond donors (Lipinski definition) is 0. The van der Waals surface area contributed by atoms with Crippen LogP contribution < -0.4 is 0 Å². The van der Waals surface area contributed by atoms with E-state index in [4.69, 9.17) is 4.74 Å². The second-order valence-corrected chi connectivity index (χ2v) is 6.28. The van der Waals surface area contributed by atoms with Crippen molar-refractivity contribution in [3.8, 4) is 0 Å². The summed E-state index contributed by atoms with van der Waals surface area (Å²) >= 11 is 4.81. The molecule has 6 heteroatoms. The smallest absolute Gasteiger partial charge is 0.258 e. The molecule has 0 N–H and O–H groups in total. The van der Waals surface area contributed by atoms with Crippen molar-refractivity contribution in [1.29, 1.82) is 0 Å². The zero-order valence-corrected chi connectivity index (χ0v) is 13.9. The van der Waals surface area contributed by atoms with Crippen LogP contribution in [0.3, 0.4) is 0 Å². The Balaban J connectivity index is 2.25. The van der Waals surface area contributed by atoms with Gasteiger partial charge in [-0.15, -0.1) is 11.3 Å². The zero-order valence-electron chi connectivity index (χ0n) is 11.5. The summed E-state index contributed by atoms with van der Waals surface area (Å²) < 4.78 is 19.5. The molecule has 112 valence electrons. The third-order valence-corrected chi connectivity index (χ3v) is 4.48. The number of methoxy groups -OCH3 is 1. The molecule has 21 heavy (non-hydrogen) atoms. The van der Waals surface area contributed by atoms with Crippen LogP contribution in [0.25, 0.3) is 0 Å². The molecule has 0 bridgehead atoms. The third-order valence-electron chi connectivity index (χ3n) is 2.96. The lowest BCUT2D eigenvalue weighted by Gasteiger charge is -2.22. The lowest BCUT2D eigenvalue weighted by Crippen LogP contribution is -2.34. The Kier molecular flexibility index (Phi) is 5.90. The SMILES string of the molecule is COCCN(Cc1cccs1)C(=O)c1c(F)cccc1Br. The Bertz CT molecular complexity index is 583. The molecule has 0 saturated heterocycles. The molecule has 0 aliphatic rings. The van der Waals surface area contributed by atoms with Gasteiger partial charge in [-0.1, -0.05) is 12.1 Å². The molecule has 1 amide bonds. The monoisotopic (exact) mass is 371 g/mol. The van der Waals surface area contributed by atoms with E-state index in [1.54, 1.807) is 35.5 Å². The molecule has 0 fully saturated rings. The predicted octanol–water partition coefficient (Wildman–Crippen LogP) is 3.94. The number of benzene rings is 1. The van der Waals surface area contributed by atoms with Crippen LogP contribution in [-0.2, 0) is 11.3 Å². The van der Waals surface area contributed by atoms with E-state index in [9.17, 15) is 9.18 Å². The van der Waals surface area contributed by atoms with Gasteiger partial charge in [0.2, 0.25) is 0 Å². The van der Waals surface area contributed by atoms with Crippen molar-refractivity contribution in [2.75, 3.05) is 20.3 Å². The minimum Gasteiger partial charge on any atom is -0.383 e. The van der Waals surface area contributed by atoms with Crippen LogP contribution in [0, 0.1) is 5.82 Å². The number of thiophene rings is 1. The maximum absolute atomic E-state index is 14.0. The molecule has 1 aromatic heterocycles. The van der Waals surface area contributed by atoms with Crippen LogP contribution in [0.2, 0.25) is 0 Å². The van der Waals surface area contributed by atoms with Gasteiger partial charge in [-0.3, -0.25) is 4.79 Å². The maximum Gasteiger partial charge on any atom is 0.258 e. The number of halogens is 2. The molecule has 3 nitrogen and oxygen atoms in total. The summed E-state index contributed by atoms with van der Waals surface area (Å²) in [6.07, 6.45) is 0. The summed E-state index contributed by atoms with van der Waals surface area (Å²) in [7, 11) is 1.58. The molecule has 0 unspecified atom stereocenters. The van der Waals surface area contributed by atoms with E-state index >= 15 is 0 Å². The highest BCUT2D eigenvalue weighted by molar-refractivity contribution is 9.10. The van der Waals surface area contributed by atoms with E-state index in [2.05, 4.69) is 15.9 Å². The molecule has 0 atom stereocenters. The number of amides is 1. The van der Waals surface area contributed by atoms with Crippen molar-refractivity contribution in [3.05, 3.63) is 56.4 Å². The molecule has 2 aromatic rings. The van der Waals surface area contributed by atoms with Crippen LogP contribution in [0.4, 0.5) is 4.39 Å². The molecule has 1 heterocycles. The molecule has 0 spiro atoms. The van der Waals surface area contributed by atoms with Gasteiger partial charge in [0.05, 0.1) is 18.7 Å². The molecular formula is C15H15BrFNO2S. The van der Waals surface area contributed by atoms with E-state index < -0.39 is 5.82 Å². The van der Waals surface area contributed by atoms with Crippen molar-refractivity contribution in [2.45, 2.75) is 6.54 Å². The topological polar surface area (TPSA) is 29.5 Å². The van der Waals surface area contributed by atoms with Crippen LogP contribution in [0.1, 0.15) is 15.2 Å². The molecule has 0 aliphatic carbocycles. The fourth-order valence-electron chi connectivity index (χ4n) is 1.90. The highest BCUT2D eigenvalue weighted by atomic mass is 79.9. The Morgan fingerprint density at radius 1 is 1.38 bits per heavy atom. The second-order valence-electron chi connectivity index (χ2n) is 4.40. The molecule has 2 rings (SSSR count). The molecule has 0 radical (unpaired) electrons. The lowest BCUT2D eigenvalue weighted by atomic mass is 10.2. The summed E-state index contributed by atoms with van der Waals surface area (Å²) in [4.78, 5) is 15.3. The summed E-state index contributed by atoms with van der Waals surface area (Å²) in [5.74, 6) is -0.867. The van der Waals surface area contributed by atoms with Gasteiger partial charge in [0.1, 0.15) is 5.82 Å². The number of ether oxygens (including phenoxy) is 1. The van der Waals surface area contributed by atoms with Crippen LogP contribution in [-0.4, -0.2) is 31.1 Å². The number of hydrogen-bond acceptors (Lipinski definition) is 3. The zero-order chi connectivity index (χ0) is 15.2. The number of rotatable bonds is 6.